The Morgan fingerprint density at radius 3 is 2.68 bits per heavy atom. The summed E-state index contributed by atoms with van der Waals surface area (Å²) in [7, 11) is 0. The number of nitrogens with zero attached hydrogens (tertiary/aromatic N) is 2. The topological polar surface area (TPSA) is 50.1 Å². The van der Waals surface area contributed by atoms with Crippen LogP contribution in [0.4, 0.5) is 5.69 Å². The monoisotopic (exact) mass is 259 g/mol. The first-order chi connectivity index (χ1) is 8.99. The third-order valence-electron chi connectivity index (χ3n) is 3.31. The highest BCUT2D eigenvalue weighted by atomic mass is 16.3. The van der Waals surface area contributed by atoms with Crippen molar-refractivity contribution in [1.29, 1.82) is 0 Å². The summed E-state index contributed by atoms with van der Waals surface area (Å²) in [5, 5.41) is 13.1. The van der Waals surface area contributed by atoms with Crippen molar-refractivity contribution in [3.8, 4) is 5.75 Å². The average Bonchev–Trinajstić information content (AvgIpc) is 2.80. The van der Waals surface area contributed by atoms with Gasteiger partial charge in [-0.2, -0.15) is 0 Å². The summed E-state index contributed by atoms with van der Waals surface area (Å²) < 4.78 is 2.15. The Morgan fingerprint density at radius 2 is 2.00 bits per heavy atom. The average molecular weight is 259 g/mol. The number of imidazole rings is 1. The number of hydrogen-bond donors (Lipinski definition) is 2. The fourth-order valence-corrected chi connectivity index (χ4v) is 2.11. The number of phenols is 1. The molecule has 0 aliphatic carbocycles. The van der Waals surface area contributed by atoms with Crippen LogP contribution >= 0.6 is 0 Å². The van der Waals surface area contributed by atoms with Gasteiger partial charge in [0.1, 0.15) is 5.75 Å². The van der Waals surface area contributed by atoms with Gasteiger partial charge >= 0.3 is 0 Å². The number of nitrogens with one attached hydrogen (secondary N) is 1. The van der Waals surface area contributed by atoms with E-state index >= 15 is 0 Å². The van der Waals surface area contributed by atoms with Gasteiger partial charge in [-0.15, -0.1) is 0 Å². The van der Waals surface area contributed by atoms with Crippen molar-refractivity contribution in [2.24, 2.45) is 0 Å². The number of aryl methyl sites for hydroxylation is 2. The molecule has 0 saturated heterocycles. The SMILES string of the molecule is Cc1cc(NCc2cncn2C(C)C)c(C)cc1O. The summed E-state index contributed by atoms with van der Waals surface area (Å²) in [6, 6.07) is 4.17. The molecule has 0 unspecified atom stereocenters. The number of hydrogen-bond acceptors (Lipinski definition) is 3. The highest BCUT2D eigenvalue weighted by molar-refractivity contribution is 5.56. The predicted molar refractivity (Wildman–Crippen MR) is 77.5 cm³/mol. The maximum atomic E-state index is 9.65. The number of aromatic hydroxyl groups is 1. The molecule has 4 heteroatoms. The van der Waals surface area contributed by atoms with Gasteiger partial charge in [-0.25, -0.2) is 4.98 Å². The Kier molecular flexibility index (Phi) is 3.79. The normalized spacial score (nSPS) is 11.0. The van der Waals surface area contributed by atoms with Crippen LogP contribution in [0.5, 0.6) is 5.75 Å². The molecular formula is C15H21N3O. The fraction of sp³-hybridized carbons (Fsp3) is 0.400. The Morgan fingerprint density at radius 1 is 1.26 bits per heavy atom. The number of benzene rings is 1. The van der Waals surface area contributed by atoms with Gasteiger partial charge in [0.2, 0.25) is 0 Å². The van der Waals surface area contributed by atoms with Crippen molar-refractivity contribution in [2.45, 2.75) is 40.3 Å². The zero-order chi connectivity index (χ0) is 14.0. The molecule has 4 nitrogen and oxygen atoms in total. The number of phenolic OH excluding ortho intramolecular Hbond substituents is 1. The second-order valence-corrected chi connectivity index (χ2v) is 5.19. The quantitative estimate of drug-likeness (QED) is 0.827. The van der Waals surface area contributed by atoms with Crippen LogP contribution < -0.4 is 5.32 Å². The fourth-order valence-electron chi connectivity index (χ4n) is 2.11. The van der Waals surface area contributed by atoms with Crippen LogP contribution in [0, 0.1) is 13.8 Å². The molecule has 102 valence electrons. The number of aromatic nitrogens is 2. The van der Waals surface area contributed by atoms with E-state index in [1.807, 2.05) is 32.4 Å². The van der Waals surface area contributed by atoms with Crippen LogP contribution in [0.15, 0.2) is 24.7 Å². The van der Waals surface area contributed by atoms with Crippen LogP contribution in [0.3, 0.4) is 0 Å². The molecule has 0 spiro atoms. The minimum absolute atomic E-state index is 0.343. The summed E-state index contributed by atoms with van der Waals surface area (Å²) in [5.41, 5.74) is 4.12. The number of anilines is 1. The second-order valence-electron chi connectivity index (χ2n) is 5.19. The largest absolute Gasteiger partial charge is 0.508 e. The highest BCUT2D eigenvalue weighted by Crippen LogP contribution is 2.25. The van der Waals surface area contributed by atoms with Gasteiger partial charge in [0.25, 0.3) is 0 Å². The molecule has 1 aromatic carbocycles. The first-order valence-corrected chi connectivity index (χ1v) is 6.54. The van der Waals surface area contributed by atoms with Crippen molar-refractivity contribution in [3.63, 3.8) is 0 Å². The van der Waals surface area contributed by atoms with E-state index in [0.29, 0.717) is 11.8 Å². The third kappa shape index (κ3) is 2.89. The lowest BCUT2D eigenvalue weighted by Crippen LogP contribution is -2.09. The van der Waals surface area contributed by atoms with Gasteiger partial charge in [-0.3, -0.25) is 0 Å². The predicted octanol–water partition coefficient (Wildman–Crippen LogP) is 3.40. The summed E-state index contributed by atoms with van der Waals surface area (Å²) >= 11 is 0. The van der Waals surface area contributed by atoms with Gasteiger partial charge in [0, 0.05) is 17.9 Å². The van der Waals surface area contributed by atoms with Crippen LogP contribution in [-0.4, -0.2) is 14.7 Å². The Balaban J connectivity index is 2.15. The molecule has 2 N–H and O–H groups in total. The van der Waals surface area contributed by atoms with E-state index in [-0.39, 0.29) is 0 Å². The zero-order valence-corrected chi connectivity index (χ0v) is 11.9. The van der Waals surface area contributed by atoms with Crippen molar-refractivity contribution in [3.05, 3.63) is 41.5 Å². The molecule has 0 amide bonds. The summed E-state index contributed by atoms with van der Waals surface area (Å²) in [5.74, 6) is 0.343. The Labute approximate surface area is 114 Å². The lowest BCUT2D eigenvalue weighted by Gasteiger charge is -2.15. The molecule has 0 fully saturated rings. The van der Waals surface area contributed by atoms with E-state index in [1.54, 1.807) is 6.07 Å². The summed E-state index contributed by atoms with van der Waals surface area (Å²) in [6.07, 6.45) is 3.74. The van der Waals surface area contributed by atoms with Gasteiger partial charge in [0.05, 0.1) is 18.6 Å². The maximum absolute atomic E-state index is 9.65. The van der Waals surface area contributed by atoms with Crippen LogP contribution in [0.25, 0.3) is 0 Å². The van der Waals surface area contributed by atoms with Crippen LogP contribution in [0.2, 0.25) is 0 Å². The van der Waals surface area contributed by atoms with Crippen LogP contribution in [-0.2, 0) is 6.54 Å². The lowest BCUT2D eigenvalue weighted by molar-refractivity contribution is 0.471. The Hall–Kier alpha value is -1.97. The molecule has 0 bridgehead atoms. The molecule has 1 aromatic heterocycles. The highest BCUT2D eigenvalue weighted by Gasteiger charge is 2.07. The molecule has 0 radical (unpaired) electrons. The first-order valence-electron chi connectivity index (χ1n) is 6.54. The van der Waals surface area contributed by atoms with Crippen molar-refractivity contribution in [2.75, 3.05) is 5.32 Å². The van der Waals surface area contributed by atoms with Gasteiger partial charge in [-0.1, -0.05) is 0 Å². The van der Waals surface area contributed by atoms with E-state index in [2.05, 4.69) is 28.7 Å². The van der Waals surface area contributed by atoms with Crippen LogP contribution in [0.1, 0.15) is 36.7 Å². The second kappa shape index (κ2) is 5.34. The van der Waals surface area contributed by atoms with E-state index in [9.17, 15) is 5.11 Å². The smallest absolute Gasteiger partial charge is 0.118 e. The third-order valence-corrected chi connectivity index (χ3v) is 3.31. The zero-order valence-electron chi connectivity index (χ0n) is 11.9. The molecule has 1 heterocycles. The molecule has 0 saturated carbocycles. The van der Waals surface area contributed by atoms with E-state index in [0.717, 1.165) is 29.1 Å². The van der Waals surface area contributed by atoms with Gasteiger partial charge < -0.3 is 15.0 Å². The molecule has 2 aromatic rings. The molecule has 0 aliphatic heterocycles. The van der Waals surface area contributed by atoms with Crippen molar-refractivity contribution < 1.29 is 5.11 Å². The standard InChI is InChI=1S/C15H21N3O/c1-10(2)18-9-16-7-13(18)8-17-14-5-12(4)15(19)6-11(14)3/h5-7,9-10,17,19H,8H2,1-4H3. The lowest BCUT2D eigenvalue weighted by atomic mass is 10.1. The van der Waals surface area contributed by atoms with E-state index < -0.39 is 0 Å². The van der Waals surface area contributed by atoms with E-state index in [4.69, 9.17) is 0 Å². The molecule has 0 aliphatic rings. The Bertz CT molecular complexity index is 573. The number of rotatable bonds is 4. The van der Waals surface area contributed by atoms with Crippen molar-refractivity contribution >= 4 is 5.69 Å². The molecule has 0 atom stereocenters. The van der Waals surface area contributed by atoms with Gasteiger partial charge in [-0.05, 0) is 51.0 Å². The molecular weight excluding hydrogens is 238 g/mol. The minimum atomic E-state index is 0.343. The molecule has 19 heavy (non-hydrogen) atoms. The van der Waals surface area contributed by atoms with E-state index in [1.165, 1.54) is 0 Å². The summed E-state index contributed by atoms with van der Waals surface area (Å²) in [4.78, 5) is 4.19. The molecule has 2 rings (SSSR count). The summed E-state index contributed by atoms with van der Waals surface area (Å²) in [6.45, 7) is 8.89. The van der Waals surface area contributed by atoms with Gasteiger partial charge in [0.15, 0.2) is 0 Å². The van der Waals surface area contributed by atoms with Crippen molar-refractivity contribution in [1.82, 2.24) is 9.55 Å². The maximum Gasteiger partial charge on any atom is 0.118 e. The minimum Gasteiger partial charge on any atom is -0.508 e. The first kappa shape index (κ1) is 13.5.